The lowest BCUT2D eigenvalue weighted by Crippen LogP contribution is -2.30. The van der Waals surface area contributed by atoms with Crippen LogP contribution in [-0.2, 0) is 6.54 Å². The van der Waals surface area contributed by atoms with Crippen molar-refractivity contribution in [1.29, 1.82) is 0 Å². The lowest BCUT2D eigenvalue weighted by Gasteiger charge is -2.23. The minimum absolute atomic E-state index is 0. The van der Waals surface area contributed by atoms with Gasteiger partial charge in [-0.05, 0) is 57.0 Å². The van der Waals surface area contributed by atoms with Crippen LogP contribution in [0.25, 0.3) is 0 Å². The molecule has 0 bridgehead atoms. The minimum atomic E-state index is -0.232. The Bertz CT molecular complexity index is 831. The Balaban J connectivity index is 0.00000320. The molecule has 8 nitrogen and oxygen atoms in total. The summed E-state index contributed by atoms with van der Waals surface area (Å²) >= 11 is 0. The van der Waals surface area contributed by atoms with Crippen molar-refractivity contribution < 1.29 is 9.59 Å². The molecule has 1 aliphatic heterocycles. The summed E-state index contributed by atoms with van der Waals surface area (Å²) in [6.45, 7) is 6.95. The average Bonchev–Trinajstić information content (AvgIpc) is 3.14. The zero-order chi connectivity index (χ0) is 20.6. The highest BCUT2D eigenvalue weighted by Gasteiger charge is 2.22. The van der Waals surface area contributed by atoms with Gasteiger partial charge in [-0.15, -0.1) is 17.5 Å². The summed E-state index contributed by atoms with van der Waals surface area (Å²) in [6.07, 6.45) is 3.99. The first-order valence-corrected chi connectivity index (χ1v) is 10.4. The molecule has 1 aromatic heterocycles. The number of nitrogens with one attached hydrogen (secondary N) is 3. The maximum absolute atomic E-state index is 12.6. The highest BCUT2D eigenvalue weighted by molar-refractivity contribution is 5.94. The topological polar surface area (TPSA) is 101 Å². The van der Waals surface area contributed by atoms with Crippen LogP contribution >= 0.6 is 12.4 Å². The highest BCUT2D eigenvalue weighted by Crippen LogP contribution is 2.20. The molecular formula is C21H31ClN6O2. The Hall–Kier alpha value is -2.45. The van der Waals surface area contributed by atoms with Crippen molar-refractivity contribution in [3.63, 3.8) is 0 Å². The second-order valence-electron chi connectivity index (χ2n) is 7.44. The quantitative estimate of drug-likeness (QED) is 0.554. The first-order chi connectivity index (χ1) is 14.1. The number of nitrogens with zero attached hydrogens (tertiary/aromatic N) is 3. The van der Waals surface area contributed by atoms with Crippen molar-refractivity contribution in [2.75, 3.05) is 19.6 Å². The second-order valence-corrected chi connectivity index (χ2v) is 7.44. The molecule has 2 heterocycles. The molecule has 2 amide bonds. The maximum atomic E-state index is 12.6. The van der Waals surface area contributed by atoms with Gasteiger partial charge in [-0.3, -0.25) is 9.59 Å². The van der Waals surface area contributed by atoms with Crippen LogP contribution in [-0.4, -0.2) is 46.4 Å². The fourth-order valence-corrected chi connectivity index (χ4v) is 3.47. The standard InChI is InChI=1S/C21H30N6O2.ClH/c1-3-4-11-23-20(28)17-7-5-16(6-8-17)14-24-21(29)19-15(2)27(26-25-19)18-9-12-22-13-10-18;/h5-8,18,22H,3-4,9-14H2,1-2H3,(H,23,28)(H,24,29);1H. The van der Waals surface area contributed by atoms with Gasteiger partial charge in [0.15, 0.2) is 5.69 Å². The second kappa shape index (κ2) is 11.7. The van der Waals surface area contributed by atoms with E-state index in [0.29, 0.717) is 30.4 Å². The number of rotatable bonds is 8. The minimum Gasteiger partial charge on any atom is -0.352 e. The summed E-state index contributed by atoms with van der Waals surface area (Å²) < 4.78 is 1.88. The van der Waals surface area contributed by atoms with E-state index in [9.17, 15) is 9.59 Å². The van der Waals surface area contributed by atoms with Gasteiger partial charge in [-0.1, -0.05) is 30.7 Å². The Morgan fingerprint density at radius 3 is 2.50 bits per heavy atom. The average molecular weight is 435 g/mol. The number of aromatic nitrogens is 3. The molecule has 2 aromatic rings. The van der Waals surface area contributed by atoms with Crippen LogP contribution in [0, 0.1) is 6.92 Å². The van der Waals surface area contributed by atoms with Crippen molar-refractivity contribution in [1.82, 2.24) is 30.9 Å². The number of carbonyl (C=O) groups excluding carboxylic acids is 2. The highest BCUT2D eigenvalue weighted by atomic mass is 35.5. The lowest BCUT2D eigenvalue weighted by atomic mass is 10.1. The number of hydrogen-bond acceptors (Lipinski definition) is 5. The molecule has 9 heteroatoms. The number of halogens is 1. The zero-order valence-electron chi connectivity index (χ0n) is 17.6. The maximum Gasteiger partial charge on any atom is 0.274 e. The summed E-state index contributed by atoms with van der Waals surface area (Å²) in [4.78, 5) is 24.6. The van der Waals surface area contributed by atoms with Crippen LogP contribution in [0.2, 0.25) is 0 Å². The largest absolute Gasteiger partial charge is 0.352 e. The molecule has 164 valence electrons. The van der Waals surface area contributed by atoms with Crippen LogP contribution in [0.3, 0.4) is 0 Å². The van der Waals surface area contributed by atoms with Gasteiger partial charge in [0.1, 0.15) is 0 Å². The predicted molar refractivity (Wildman–Crippen MR) is 118 cm³/mol. The molecule has 3 rings (SSSR count). The predicted octanol–water partition coefficient (Wildman–Crippen LogP) is 2.39. The molecule has 0 spiro atoms. The van der Waals surface area contributed by atoms with Gasteiger partial charge in [-0.25, -0.2) is 4.68 Å². The van der Waals surface area contributed by atoms with Gasteiger partial charge >= 0.3 is 0 Å². The third kappa shape index (κ3) is 6.03. The van der Waals surface area contributed by atoms with Crippen molar-refractivity contribution in [2.24, 2.45) is 0 Å². The number of hydrogen-bond donors (Lipinski definition) is 3. The number of carbonyl (C=O) groups is 2. The molecule has 0 saturated carbocycles. The molecule has 0 aliphatic carbocycles. The monoisotopic (exact) mass is 434 g/mol. The Kier molecular flexibility index (Phi) is 9.26. The molecule has 0 radical (unpaired) electrons. The fraction of sp³-hybridized carbons (Fsp3) is 0.524. The van der Waals surface area contributed by atoms with E-state index in [1.165, 1.54) is 0 Å². The molecule has 30 heavy (non-hydrogen) atoms. The third-order valence-corrected chi connectivity index (χ3v) is 5.28. The number of unbranched alkanes of at least 4 members (excludes halogenated alkanes) is 1. The summed E-state index contributed by atoms with van der Waals surface area (Å²) in [5, 5.41) is 17.4. The normalized spacial score (nSPS) is 14.1. The van der Waals surface area contributed by atoms with E-state index in [-0.39, 0.29) is 24.2 Å². The van der Waals surface area contributed by atoms with Crippen molar-refractivity contribution in [3.8, 4) is 0 Å². The van der Waals surface area contributed by atoms with Crippen LogP contribution in [0.5, 0.6) is 0 Å². The molecule has 1 aliphatic rings. The van der Waals surface area contributed by atoms with E-state index in [0.717, 1.165) is 50.0 Å². The summed E-state index contributed by atoms with van der Waals surface area (Å²) in [7, 11) is 0. The number of benzene rings is 1. The number of amides is 2. The molecule has 1 aromatic carbocycles. The van der Waals surface area contributed by atoms with Crippen LogP contribution in [0.1, 0.15) is 70.8 Å². The Morgan fingerprint density at radius 1 is 1.13 bits per heavy atom. The van der Waals surface area contributed by atoms with E-state index in [2.05, 4.69) is 33.2 Å². The Labute approximate surface area is 183 Å². The zero-order valence-corrected chi connectivity index (χ0v) is 18.4. The van der Waals surface area contributed by atoms with Crippen molar-refractivity contribution in [3.05, 3.63) is 46.8 Å². The Morgan fingerprint density at radius 2 is 1.83 bits per heavy atom. The van der Waals surface area contributed by atoms with E-state index >= 15 is 0 Å². The molecule has 1 saturated heterocycles. The van der Waals surface area contributed by atoms with Crippen LogP contribution in [0.4, 0.5) is 0 Å². The molecular weight excluding hydrogens is 404 g/mol. The van der Waals surface area contributed by atoms with Crippen LogP contribution < -0.4 is 16.0 Å². The van der Waals surface area contributed by atoms with Gasteiger partial charge in [0.2, 0.25) is 0 Å². The molecule has 0 atom stereocenters. The summed E-state index contributed by atoms with van der Waals surface area (Å²) in [5.41, 5.74) is 2.72. The van der Waals surface area contributed by atoms with Gasteiger partial charge in [-0.2, -0.15) is 0 Å². The summed E-state index contributed by atoms with van der Waals surface area (Å²) in [5.74, 6) is -0.303. The smallest absolute Gasteiger partial charge is 0.274 e. The van der Waals surface area contributed by atoms with Gasteiger partial charge in [0.25, 0.3) is 11.8 Å². The van der Waals surface area contributed by atoms with Crippen molar-refractivity contribution >= 4 is 24.2 Å². The van der Waals surface area contributed by atoms with Gasteiger partial charge in [0, 0.05) is 18.7 Å². The van der Waals surface area contributed by atoms with Crippen molar-refractivity contribution in [2.45, 2.75) is 52.1 Å². The molecule has 1 fully saturated rings. The third-order valence-electron chi connectivity index (χ3n) is 5.28. The first-order valence-electron chi connectivity index (χ1n) is 10.4. The molecule has 3 N–H and O–H groups in total. The summed E-state index contributed by atoms with van der Waals surface area (Å²) in [6, 6.07) is 7.56. The fourth-order valence-electron chi connectivity index (χ4n) is 3.47. The van der Waals surface area contributed by atoms with Gasteiger partial charge in [0.05, 0.1) is 11.7 Å². The van der Waals surface area contributed by atoms with E-state index in [4.69, 9.17) is 0 Å². The van der Waals surface area contributed by atoms with E-state index in [1.807, 2.05) is 23.7 Å². The van der Waals surface area contributed by atoms with E-state index in [1.54, 1.807) is 12.1 Å². The number of piperidine rings is 1. The SMILES string of the molecule is CCCCNC(=O)c1ccc(CNC(=O)c2nnn(C3CCNCC3)c2C)cc1.Cl. The van der Waals surface area contributed by atoms with E-state index < -0.39 is 0 Å². The van der Waals surface area contributed by atoms with Crippen LogP contribution in [0.15, 0.2) is 24.3 Å². The lowest BCUT2D eigenvalue weighted by molar-refractivity contribution is 0.0939. The van der Waals surface area contributed by atoms with Gasteiger partial charge < -0.3 is 16.0 Å². The first kappa shape index (κ1) is 23.8. The molecule has 0 unspecified atom stereocenters.